The first-order chi connectivity index (χ1) is 16.5. The number of hydrogen-bond acceptors (Lipinski definition) is 4. The van der Waals surface area contributed by atoms with Crippen molar-refractivity contribution in [3.8, 4) is 5.75 Å². The van der Waals surface area contributed by atoms with Gasteiger partial charge in [0.1, 0.15) is 17.7 Å². The average molecular weight is 461 g/mol. The highest BCUT2D eigenvalue weighted by Crippen LogP contribution is 2.48. The van der Waals surface area contributed by atoms with Crippen LogP contribution in [0.4, 0.5) is 10.1 Å². The van der Waals surface area contributed by atoms with Gasteiger partial charge in [0.25, 0.3) is 0 Å². The zero-order valence-corrected chi connectivity index (χ0v) is 19.2. The van der Waals surface area contributed by atoms with Crippen molar-refractivity contribution in [1.29, 1.82) is 0 Å². The maximum absolute atomic E-state index is 14.8. The van der Waals surface area contributed by atoms with Crippen LogP contribution in [0.15, 0.2) is 66.7 Å². The summed E-state index contributed by atoms with van der Waals surface area (Å²) in [5, 5.41) is 16.6. The van der Waals surface area contributed by atoms with Gasteiger partial charge < -0.3 is 20.5 Å². The third-order valence-corrected chi connectivity index (χ3v) is 7.00. The summed E-state index contributed by atoms with van der Waals surface area (Å²) in [5.74, 6) is -0.212. The zero-order chi connectivity index (χ0) is 23.7. The summed E-state index contributed by atoms with van der Waals surface area (Å²) in [4.78, 5) is 11.7. The van der Waals surface area contributed by atoms with Crippen molar-refractivity contribution in [1.82, 2.24) is 5.32 Å². The number of carbonyl (C=O) groups is 1. The third kappa shape index (κ3) is 4.26. The van der Waals surface area contributed by atoms with E-state index in [4.69, 9.17) is 4.74 Å². The minimum absolute atomic E-state index is 0.265. The molecule has 5 rings (SSSR count). The second-order valence-electron chi connectivity index (χ2n) is 9.28. The number of benzene rings is 3. The Kier molecular flexibility index (Phi) is 6.00. The number of fused-ring (bicyclic) bond motifs is 1. The van der Waals surface area contributed by atoms with E-state index in [-0.39, 0.29) is 18.0 Å². The van der Waals surface area contributed by atoms with Crippen molar-refractivity contribution in [3.05, 3.63) is 94.8 Å². The van der Waals surface area contributed by atoms with Crippen LogP contribution in [0.25, 0.3) is 0 Å². The van der Waals surface area contributed by atoms with Crippen LogP contribution in [-0.4, -0.2) is 30.3 Å². The van der Waals surface area contributed by atoms with Gasteiger partial charge in [-0.3, -0.25) is 4.79 Å². The molecule has 0 aromatic heterocycles. The van der Waals surface area contributed by atoms with Gasteiger partial charge in [-0.25, -0.2) is 4.39 Å². The Morgan fingerprint density at radius 1 is 1.18 bits per heavy atom. The number of aryl methyl sites for hydroxylation is 1. The first kappa shape index (κ1) is 22.4. The number of halogens is 1. The van der Waals surface area contributed by atoms with Crippen LogP contribution in [0, 0.1) is 12.7 Å². The molecule has 0 unspecified atom stereocenters. The maximum atomic E-state index is 14.8. The van der Waals surface area contributed by atoms with Crippen molar-refractivity contribution in [2.75, 3.05) is 18.4 Å². The maximum Gasteiger partial charge on any atom is 0.314 e. The minimum Gasteiger partial charge on any atom is -0.484 e. The molecule has 1 heterocycles. The quantitative estimate of drug-likeness (QED) is 0.442. The summed E-state index contributed by atoms with van der Waals surface area (Å²) >= 11 is 0. The van der Waals surface area contributed by atoms with Crippen LogP contribution >= 0.6 is 0 Å². The molecule has 0 radical (unpaired) electrons. The van der Waals surface area contributed by atoms with Gasteiger partial charge in [-0.05, 0) is 61.6 Å². The lowest BCUT2D eigenvalue weighted by Crippen LogP contribution is -2.43. The number of carboxylic acids is 1. The Labute approximate surface area is 199 Å². The van der Waals surface area contributed by atoms with Crippen molar-refractivity contribution in [2.45, 2.75) is 43.7 Å². The number of aliphatic carboxylic acids is 1. The van der Waals surface area contributed by atoms with Crippen LogP contribution in [0.5, 0.6) is 5.75 Å². The summed E-state index contributed by atoms with van der Waals surface area (Å²) in [6.07, 6.45) is 1.78. The molecule has 0 amide bonds. The summed E-state index contributed by atoms with van der Waals surface area (Å²) in [7, 11) is 0. The zero-order valence-electron chi connectivity index (χ0n) is 19.2. The Bertz CT molecular complexity index is 1210. The average Bonchev–Trinajstić information content (AvgIpc) is 3.66. The second kappa shape index (κ2) is 9.11. The molecular weight excluding hydrogens is 431 g/mol. The Hall–Kier alpha value is -3.38. The highest BCUT2D eigenvalue weighted by molar-refractivity contribution is 5.84. The van der Waals surface area contributed by atoms with Gasteiger partial charge in [0.05, 0.1) is 23.7 Å². The smallest absolute Gasteiger partial charge is 0.314 e. The molecular formula is C28H29FN2O3. The molecule has 34 heavy (non-hydrogen) atoms. The molecule has 6 heteroatoms. The number of nitrogens with one attached hydrogen (secondary N) is 2. The molecule has 0 saturated heterocycles. The van der Waals surface area contributed by atoms with Crippen molar-refractivity contribution < 1.29 is 19.0 Å². The number of hydrogen-bond donors (Lipinski definition) is 3. The first-order valence-corrected chi connectivity index (χ1v) is 11.8. The SMILES string of the molecule is Cc1cccc2c1O[C@@H]([C@H](NCCc1cccc(C3(C(=O)O)CC3)c1)c1ccccc1F)CN2. The largest absolute Gasteiger partial charge is 0.484 e. The van der Waals surface area contributed by atoms with Crippen LogP contribution in [0.3, 0.4) is 0 Å². The molecule has 1 saturated carbocycles. The Balaban J connectivity index is 1.33. The fourth-order valence-corrected chi connectivity index (χ4v) is 4.85. The first-order valence-electron chi connectivity index (χ1n) is 11.8. The van der Waals surface area contributed by atoms with E-state index in [0.717, 1.165) is 28.1 Å². The fraction of sp³-hybridized carbons (Fsp3) is 0.321. The normalized spacial score (nSPS) is 18.8. The predicted octanol–water partition coefficient (Wildman–Crippen LogP) is 5.00. The van der Waals surface area contributed by atoms with Gasteiger partial charge >= 0.3 is 5.97 Å². The van der Waals surface area contributed by atoms with Gasteiger partial charge in [-0.2, -0.15) is 0 Å². The van der Waals surface area contributed by atoms with Gasteiger partial charge in [0, 0.05) is 5.56 Å². The molecule has 176 valence electrons. The van der Waals surface area contributed by atoms with Crippen LogP contribution in [0.1, 0.15) is 41.1 Å². The van der Waals surface area contributed by atoms with Crippen LogP contribution in [0.2, 0.25) is 0 Å². The predicted molar refractivity (Wildman–Crippen MR) is 130 cm³/mol. The topological polar surface area (TPSA) is 70.6 Å². The molecule has 5 nitrogen and oxygen atoms in total. The van der Waals surface area contributed by atoms with Crippen LogP contribution in [-0.2, 0) is 16.6 Å². The van der Waals surface area contributed by atoms with E-state index in [9.17, 15) is 14.3 Å². The van der Waals surface area contributed by atoms with Crippen molar-refractivity contribution in [2.24, 2.45) is 0 Å². The summed E-state index contributed by atoms with van der Waals surface area (Å²) in [5.41, 5.74) is 3.78. The molecule has 1 fully saturated rings. The van der Waals surface area contributed by atoms with E-state index in [0.29, 0.717) is 37.9 Å². The van der Waals surface area contributed by atoms with E-state index < -0.39 is 11.4 Å². The number of rotatable bonds is 8. The van der Waals surface area contributed by atoms with Gasteiger partial charge in [0.15, 0.2) is 0 Å². The van der Waals surface area contributed by atoms with Crippen molar-refractivity contribution in [3.63, 3.8) is 0 Å². The molecule has 1 aliphatic heterocycles. The lowest BCUT2D eigenvalue weighted by molar-refractivity contribution is -0.140. The highest BCUT2D eigenvalue weighted by Gasteiger charge is 2.51. The van der Waals surface area contributed by atoms with Gasteiger partial charge in [-0.15, -0.1) is 0 Å². The summed E-state index contributed by atoms with van der Waals surface area (Å²) in [6.45, 7) is 3.16. The second-order valence-corrected chi connectivity index (χ2v) is 9.28. The minimum atomic E-state index is -0.750. The molecule has 0 spiro atoms. The lowest BCUT2D eigenvalue weighted by Gasteiger charge is -2.34. The highest BCUT2D eigenvalue weighted by atomic mass is 19.1. The molecule has 3 aromatic rings. The van der Waals surface area contributed by atoms with Gasteiger partial charge in [0.2, 0.25) is 0 Å². The molecule has 2 aliphatic rings. The van der Waals surface area contributed by atoms with E-state index in [1.165, 1.54) is 6.07 Å². The Morgan fingerprint density at radius 2 is 1.97 bits per heavy atom. The number of carboxylic acid groups (broad SMARTS) is 1. The van der Waals surface area contributed by atoms with Crippen molar-refractivity contribution >= 4 is 11.7 Å². The molecule has 3 N–H and O–H groups in total. The molecule has 0 bridgehead atoms. The van der Waals surface area contributed by atoms with Crippen LogP contribution < -0.4 is 15.4 Å². The number of para-hydroxylation sites is 1. The summed E-state index contributed by atoms with van der Waals surface area (Å²) < 4.78 is 21.2. The van der Waals surface area contributed by atoms with E-state index in [1.807, 2.05) is 55.5 Å². The number of anilines is 1. The number of ether oxygens (including phenoxy) is 1. The molecule has 3 aromatic carbocycles. The van der Waals surface area contributed by atoms with E-state index in [2.05, 4.69) is 10.6 Å². The van der Waals surface area contributed by atoms with E-state index in [1.54, 1.807) is 12.1 Å². The summed E-state index contributed by atoms with van der Waals surface area (Å²) in [6, 6.07) is 20.3. The Morgan fingerprint density at radius 3 is 2.74 bits per heavy atom. The third-order valence-electron chi connectivity index (χ3n) is 7.00. The van der Waals surface area contributed by atoms with E-state index >= 15 is 0 Å². The lowest BCUT2D eigenvalue weighted by atomic mass is 9.93. The fourth-order valence-electron chi connectivity index (χ4n) is 4.85. The monoisotopic (exact) mass is 460 g/mol. The molecule has 2 atom stereocenters. The van der Waals surface area contributed by atoms with Gasteiger partial charge in [-0.1, -0.05) is 54.6 Å². The molecule has 1 aliphatic carbocycles. The standard InChI is InChI=1S/C28H29FN2O3/c1-18-6-4-11-23-26(18)34-24(17-31-23)25(21-9-2-3-10-22(21)29)30-15-12-19-7-5-8-20(16-19)28(13-14-28)27(32)33/h2-11,16,24-25,30-31H,12-15,17H2,1H3,(H,32,33)/t24-,25-/m1/s1.